The second-order valence-electron chi connectivity index (χ2n) is 8.62. The number of aryl methyl sites for hydroxylation is 1. The summed E-state index contributed by atoms with van der Waals surface area (Å²) in [4.78, 5) is 12.8. The number of hydrogen-bond donors (Lipinski definition) is 1. The first-order valence-corrected chi connectivity index (χ1v) is 12.6. The second-order valence-corrected chi connectivity index (χ2v) is 9.56. The van der Waals surface area contributed by atoms with Gasteiger partial charge in [-0.3, -0.25) is 4.79 Å². The number of rotatable bonds is 9. The minimum Gasteiger partial charge on any atom is -0.496 e. The Labute approximate surface area is 200 Å². The molecule has 0 radical (unpaired) electrons. The first-order chi connectivity index (χ1) is 16.1. The van der Waals surface area contributed by atoms with Gasteiger partial charge in [0.1, 0.15) is 5.75 Å². The zero-order valence-electron chi connectivity index (χ0n) is 19.6. The van der Waals surface area contributed by atoms with Crippen molar-refractivity contribution in [2.45, 2.75) is 56.6 Å². The molecule has 1 heterocycles. The predicted molar refractivity (Wildman–Crippen MR) is 133 cm³/mol. The molecule has 1 amide bonds. The standard InChI is InChI=1S/C26H32N4O2S/c1-4-30-24(20-12-6-5-11-19(20)2)28-29-25(30)33-17-23(31)27-18-26(15-9-10-16-26)21-13-7-8-14-22(21)32-3/h5-8,11-14H,4,9-10,15-18H2,1-3H3,(H,27,31). The maximum Gasteiger partial charge on any atom is 0.230 e. The molecule has 1 aromatic heterocycles. The molecule has 0 saturated heterocycles. The Bertz CT molecular complexity index is 1110. The van der Waals surface area contributed by atoms with E-state index in [0.717, 1.165) is 47.2 Å². The number of thioether (sulfide) groups is 1. The van der Waals surface area contributed by atoms with Crippen LogP contribution < -0.4 is 10.1 Å². The monoisotopic (exact) mass is 464 g/mol. The van der Waals surface area contributed by atoms with Gasteiger partial charge in [-0.2, -0.15) is 0 Å². The molecule has 2 aromatic carbocycles. The summed E-state index contributed by atoms with van der Waals surface area (Å²) < 4.78 is 7.71. The molecule has 1 aliphatic rings. The summed E-state index contributed by atoms with van der Waals surface area (Å²) >= 11 is 1.44. The number of para-hydroxylation sites is 1. The number of carbonyl (C=O) groups excluding carboxylic acids is 1. The van der Waals surface area contributed by atoms with Crippen LogP contribution in [-0.4, -0.2) is 40.1 Å². The van der Waals surface area contributed by atoms with Gasteiger partial charge < -0.3 is 14.6 Å². The van der Waals surface area contributed by atoms with Crippen molar-refractivity contribution in [2.24, 2.45) is 0 Å². The lowest BCUT2D eigenvalue weighted by Crippen LogP contribution is -2.40. The maximum atomic E-state index is 12.8. The number of nitrogens with zero attached hydrogens (tertiary/aromatic N) is 3. The molecule has 7 heteroatoms. The molecule has 1 aliphatic carbocycles. The quantitative estimate of drug-likeness (QED) is 0.451. The highest BCUT2D eigenvalue weighted by atomic mass is 32.2. The molecule has 0 bridgehead atoms. The van der Waals surface area contributed by atoms with Crippen LogP contribution in [0.2, 0.25) is 0 Å². The van der Waals surface area contributed by atoms with E-state index < -0.39 is 0 Å². The minimum absolute atomic E-state index is 0.0178. The molecule has 0 spiro atoms. The van der Waals surface area contributed by atoms with Gasteiger partial charge in [0.15, 0.2) is 11.0 Å². The van der Waals surface area contributed by atoms with Gasteiger partial charge in [-0.15, -0.1) is 10.2 Å². The van der Waals surface area contributed by atoms with Crippen molar-refractivity contribution in [1.29, 1.82) is 0 Å². The predicted octanol–water partition coefficient (Wildman–Crippen LogP) is 5.00. The van der Waals surface area contributed by atoms with Crippen LogP contribution in [0.5, 0.6) is 5.75 Å². The first kappa shape index (κ1) is 23.4. The maximum absolute atomic E-state index is 12.8. The SMILES string of the molecule is CCn1c(SCC(=O)NCC2(c3ccccc3OC)CCCC2)nnc1-c1ccccc1C. The number of benzene rings is 2. The summed E-state index contributed by atoms with van der Waals surface area (Å²) in [7, 11) is 1.71. The van der Waals surface area contributed by atoms with Gasteiger partial charge >= 0.3 is 0 Å². The molecule has 0 aliphatic heterocycles. The molecule has 6 nitrogen and oxygen atoms in total. The van der Waals surface area contributed by atoms with Crippen molar-refractivity contribution >= 4 is 17.7 Å². The van der Waals surface area contributed by atoms with E-state index in [1.165, 1.54) is 30.2 Å². The molecule has 1 N–H and O–H groups in total. The van der Waals surface area contributed by atoms with Crippen LogP contribution in [-0.2, 0) is 16.8 Å². The molecule has 0 atom stereocenters. The lowest BCUT2D eigenvalue weighted by atomic mass is 9.78. The number of hydrogen-bond acceptors (Lipinski definition) is 5. The van der Waals surface area contributed by atoms with E-state index in [4.69, 9.17) is 4.74 Å². The van der Waals surface area contributed by atoms with Crippen molar-refractivity contribution in [3.63, 3.8) is 0 Å². The van der Waals surface area contributed by atoms with Crippen molar-refractivity contribution in [3.05, 3.63) is 59.7 Å². The number of ether oxygens (including phenoxy) is 1. The number of methoxy groups -OCH3 is 1. The zero-order chi connectivity index (χ0) is 23.3. The molecule has 1 saturated carbocycles. The zero-order valence-corrected chi connectivity index (χ0v) is 20.5. The molecular formula is C26H32N4O2S. The largest absolute Gasteiger partial charge is 0.496 e. The summed E-state index contributed by atoms with van der Waals surface area (Å²) in [6.07, 6.45) is 4.46. The third kappa shape index (κ3) is 4.93. The van der Waals surface area contributed by atoms with Crippen molar-refractivity contribution in [1.82, 2.24) is 20.1 Å². The molecule has 1 fully saturated rings. The van der Waals surface area contributed by atoms with Crippen LogP contribution in [0.4, 0.5) is 0 Å². The molecule has 174 valence electrons. The number of aromatic nitrogens is 3. The van der Waals surface area contributed by atoms with Gasteiger partial charge in [-0.1, -0.05) is 67.1 Å². The van der Waals surface area contributed by atoms with Crippen LogP contribution in [0.15, 0.2) is 53.7 Å². The van der Waals surface area contributed by atoms with Gasteiger partial charge in [-0.05, 0) is 38.3 Å². The summed E-state index contributed by atoms with van der Waals surface area (Å²) in [5, 5.41) is 12.8. The fraction of sp³-hybridized carbons (Fsp3) is 0.423. The molecule has 3 aromatic rings. The van der Waals surface area contributed by atoms with Crippen LogP contribution in [0.3, 0.4) is 0 Å². The van der Waals surface area contributed by atoms with Gasteiger partial charge in [-0.25, -0.2) is 0 Å². The molecule has 0 unspecified atom stereocenters. The van der Waals surface area contributed by atoms with Gasteiger partial charge in [0.05, 0.1) is 12.9 Å². The number of carbonyl (C=O) groups is 1. The highest BCUT2D eigenvalue weighted by Crippen LogP contribution is 2.44. The molecular weight excluding hydrogens is 432 g/mol. The van der Waals surface area contributed by atoms with Gasteiger partial charge in [0.2, 0.25) is 5.91 Å². The molecule has 33 heavy (non-hydrogen) atoms. The summed E-state index contributed by atoms with van der Waals surface area (Å²) in [6, 6.07) is 16.4. The van der Waals surface area contributed by atoms with E-state index in [1.807, 2.05) is 24.3 Å². The lowest BCUT2D eigenvalue weighted by Gasteiger charge is -2.31. The van der Waals surface area contributed by atoms with E-state index in [1.54, 1.807) is 7.11 Å². The average Bonchev–Trinajstić information content (AvgIpc) is 3.49. The summed E-state index contributed by atoms with van der Waals surface area (Å²) in [6.45, 7) is 5.52. The van der Waals surface area contributed by atoms with Crippen molar-refractivity contribution < 1.29 is 9.53 Å². The number of nitrogens with one attached hydrogen (secondary N) is 1. The van der Waals surface area contributed by atoms with Crippen LogP contribution in [0.1, 0.15) is 43.7 Å². The highest BCUT2D eigenvalue weighted by molar-refractivity contribution is 7.99. The molecule has 4 rings (SSSR count). The highest BCUT2D eigenvalue weighted by Gasteiger charge is 2.38. The van der Waals surface area contributed by atoms with Crippen LogP contribution in [0.25, 0.3) is 11.4 Å². The van der Waals surface area contributed by atoms with Gasteiger partial charge in [0, 0.05) is 29.6 Å². The van der Waals surface area contributed by atoms with Crippen molar-refractivity contribution in [3.8, 4) is 17.1 Å². The topological polar surface area (TPSA) is 69.0 Å². The fourth-order valence-corrected chi connectivity index (χ4v) is 5.66. The summed E-state index contributed by atoms with van der Waals surface area (Å²) in [5.74, 6) is 2.08. The van der Waals surface area contributed by atoms with E-state index in [9.17, 15) is 4.79 Å². The van der Waals surface area contributed by atoms with E-state index in [-0.39, 0.29) is 11.3 Å². The van der Waals surface area contributed by atoms with E-state index in [0.29, 0.717) is 12.3 Å². The van der Waals surface area contributed by atoms with Crippen LogP contribution in [0, 0.1) is 6.92 Å². The smallest absolute Gasteiger partial charge is 0.230 e. The Morgan fingerprint density at radius 2 is 1.85 bits per heavy atom. The first-order valence-electron chi connectivity index (χ1n) is 11.6. The van der Waals surface area contributed by atoms with E-state index >= 15 is 0 Å². The Hall–Kier alpha value is -2.80. The Balaban J connectivity index is 1.42. The Morgan fingerprint density at radius 1 is 1.12 bits per heavy atom. The minimum atomic E-state index is -0.0611. The van der Waals surface area contributed by atoms with Crippen molar-refractivity contribution in [2.75, 3.05) is 19.4 Å². The average molecular weight is 465 g/mol. The normalized spacial score (nSPS) is 14.9. The lowest BCUT2D eigenvalue weighted by molar-refractivity contribution is -0.118. The Kier molecular flexibility index (Phi) is 7.38. The van der Waals surface area contributed by atoms with E-state index in [2.05, 4.69) is 58.2 Å². The van der Waals surface area contributed by atoms with Crippen LogP contribution >= 0.6 is 11.8 Å². The Morgan fingerprint density at radius 3 is 2.58 bits per heavy atom. The third-order valence-corrected chi connectivity index (χ3v) is 7.58. The third-order valence-electron chi connectivity index (χ3n) is 6.61. The van der Waals surface area contributed by atoms with Gasteiger partial charge in [0.25, 0.3) is 0 Å². The summed E-state index contributed by atoms with van der Waals surface area (Å²) in [5.41, 5.74) is 3.37. The second kappa shape index (κ2) is 10.4. The fourth-order valence-electron chi connectivity index (χ4n) is 4.83. The number of amides is 1.